The number of nitrogens with one attached hydrogen (secondary N) is 2. The second-order valence-corrected chi connectivity index (χ2v) is 9.41. The summed E-state index contributed by atoms with van der Waals surface area (Å²) in [6, 6.07) is 0.670. The number of carbonyl (C=O) groups excluding carboxylic acids is 4. The Balaban J connectivity index is 1.83. The SMILES string of the molecule is COC(=O)CC[C@H](NC(=O)CCCCCn1cnc2nc(NC(=O)C(C)(C)C)cc-2c1O)C(=O)OC. The minimum absolute atomic E-state index is 0.00646. The van der Waals surface area contributed by atoms with Crippen molar-refractivity contribution in [3.05, 3.63) is 12.4 Å². The Hall–Kier alpha value is -3.70. The second kappa shape index (κ2) is 12.8. The molecule has 2 rings (SSSR count). The molecule has 0 fully saturated rings. The van der Waals surface area contributed by atoms with E-state index in [1.807, 2.05) is 0 Å². The lowest BCUT2D eigenvalue weighted by Crippen LogP contribution is -2.41. The predicted octanol–water partition coefficient (Wildman–Crippen LogP) is 2.24. The van der Waals surface area contributed by atoms with Crippen molar-refractivity contribution in [2.24, 2.45) is 5.41 Å². The van der Waals surface area contributed by atoms with Gasteiger partial charge in [-0.2, -0.15) is 0 Å². The third kappa shape index (κ3) is 8.21. The Morgan fingerprint density at radius 3 is 2.44 bits per heavy atom. The summed E-state index contributed by atoms with van der Waals surface area (Å²) >= 11 is 0. The minimum Gasteiger partial charge on any atom is -0.494 e. The lowest BCUT2D eigenvalue weighted by atomic mass is 9.96. The van der Waals surface area contributed by atoms with Crippen LogP contribution in [0.5, 0.6) is 5.88 Å². The molecule has 2 amide bonds. The third-order valence-electron chi connectivity index (χ3n) is 5.49. The van der Waals surface area contributed by atoms with E-state index in [1.54, 1.807) is 31.4 Å². The van der Waals surface area contributed by atoms with E-state index >= 15 is 0 Å². The molecule has 3 N–H and O–H groups in total. The van der Waals surface area contributed by atoms with Crippen molar-refractivity contribution in [3.8, 4) is 17.3 Å². The number of unbranched alkanes of at least 4 members (excludes halogenated alkanes) is 2. The van der Waals surface area contributed by atoms with Crippen LogP contribution in [0.3, 0.4) is 0 Å². The number of aromatic hydroxyl groups is 1. The molecule has 0 saturated carbocycles. The number of anilines is 1. The summed E-state index contributed by atoms with van der Waals surface area (Å²) in [5, 5.41) is 15.9. The van der Waals surface area contributed by atoms with Crippen molar-refractivity contribution in [1.29, 1.82) is 0 Å². The van der Waals surface area contributed by atoms with E-state index in [0.29, 0.717) is 43.0 Å². The van der Waals surface area contributed by atoms with E-state index in [0.717, 1.165) is 0 Å². The molecule has 0 aromatic heterocycles. The molecule has 0 bridgehead atoms. The highest BCUT2D eigenvalue weighted by Crippen LogP contribution is 2.32. The van der Waals surface area contributed by atoms with Crippen molar-refractivity contribution in [3.63, 3.8) is 0 Å². The number of hydrogen-bond donors (Lipinski definition) is 3. The second-order valence-electron chi connectivity index (χ2n) is 9.41. The maximum Gasteiger partial charge on any atom is 0.328 e. The number of rotatable bonds is 12. The number of hydrogen-bond acceptors (Lipinski definition) is 9. The van der Waals surface area contributed by atoms with Crippen LogP contribution in [-0.2, 0) is 35.2 Å². The molecule has 0 saturated heterocycles. The molecule has 0 radical (unpaired) electrons. The van der Waals surface area contributed by atoms with Gasteiger partial charge in [-0.1, -0.05) is 27.2 Å². The minimum atomic E-state index is -0.914. The monoisotopic (exact) mass is 505 g/mol. The summed E-state index contributed by atoms with van der Waals surface area (Å²) in [5.41, 5.74) is -0.150. The van der Waals surface area contributed by atoms with Gasteiger partial charge in [0, 0.05) is 24.8 Å². The number of fused-ring (bicyclic) bond motifs is 1. The lowest BCUT2D eigenvalue weighted by molar-refractivity contribution is -0.146. The number of esters is 2. The van der Waals surface area contributed by atoms with Crippen molar-refractivity contribution >= 4 is 29.6 Å². The third-order valence-corrected chi connectivity index (χ3v) is 5.49. The normalized spacial score (nSPS) is 12.1. The van der Waals surface area contributed by atoms with Crippen LogP contribution in [0.25, 0.3) is 11.4 Å². The molecular weight excluding hydrogens is 470 g/mol. The number of carbonyl (C=O) groups is 4. The van der Waals surface area contributed by atoms with Crippen LogP contribution in [-0.4, -0.2) is 63.7 Å². The number of ether oxygens (including phenoxy) is 2. The highest BCUT2D eigenvalue weighted by molar-refractivity contribution is 5.94. The molecule has 0 unspecified atom stereocenters. The summed E-state index contributed by atoms with van der Waals surface area (Å²) in [4.78, 5) is 56.1. The van der Waals surface area contributed by atoms with Gasteiger partial charge in [-0.3, -0.25) is 14.4 Å². The molecule has 36 heavy (non-hydrogen) atoms. The molecule has 12 nitrogen and oxygen atoms in total. The molecule has 0 spiro atoms. The topological polar surface area (TPSA) is 162 Å². The quantitative estimate of drug-likeness (QED) is 0.290. The first kappa shape index (κ1) is 28.5. The molecule has 2 aliphatic heterocycles. The molecule has 2 heterocycles. The molecule has 0 aromatic rings. The Morgan fingerprint density at radius 2 is 1.81 bits per heavy atom. The Kier molecular flexibility index (Phi) is 10.2. The van der Waals surface area contributed by atoms with E-state index in [1.165, 1.54) is 20.5 Å². The van der Waals surface area contributed by atoms with Crippen molar-refractivity contribution < 1.29 is 33.8 Å². The number of methoxy groups -OCH3 is 2. The van der Waals surface area contributed by atoms with Crippen LogP contribution in [0.2, 0.25) is 0 Å². The smallest absolute Gasteiger partial charge is 0.328 e. The fraction of sp³-hybridized carbons (Fsp3) is 0.583. The molecule has 198 valence electrons. The van der Waals surface area contributed by atoms with Gasteiger partial charge in [0.15, 0.2) is 5.82 Å². The van der Waals surface area contributed by atoms with Crippen LogP contribution < -0.4 is 10.6 Å². The molecule has 12 heteroatoms. The number of aromatic nitrogens is 3. The van der Waals surface area contributed by atoms with Gasteiger partial charge in [-0.25, -0.2) is 14.8 Å². The van der Waals surface area contributed by atoms with Crippen molar-refractivity contribution in [2.45, 2.75) is 71.9 Å². The molecule has 2 aliphatic rings. The van der Waals surface area contributed by atoms with E-state index in [2.05, 4.69) is 30.1 Å². The average molecular weight is 506 g/mol. The van der Waals surface area contributed by atoms with Crippen LogP contribution in [0.1, 0.15) is 59.3 Å². The summed E-state index contributed by atoms with van der Waals surface area (Å²) in [6.45, 7) is 5.85. The summed E-state index contributed by atoms with van der Waals surface area (Å²) in [5.74, 6) is -0.955. The number of amides is 2. The first-order valence-corrected chi connectivity index (χ1v) is 11.8. The van der Waals surface area contributed by atoms with Crippen molar-refractivity contribution in [2.75, 3.05) is 19.5 Å². The Labute approximate surface area is 210 Å². The summed E-state index contributed by atoms with van der Waals surface area (Å²) in [6.07, 6.45) is 3.68. The van der Waals surface area contributed by atoms with Gasteiger partial charge in [0.25, 0.3) is 0 Å². The van der Waals surface area contributed by atoms with E-state index < -0.39 is 23.4 Å². The van der Waals surface area contributed by atoms with Gasteiger partial charge in [-0.05, 0) is 25.3 Å². The molecule has 0 aromatic carbocycles. The van der Waals surface area contributed by atoms with E-state index in [4.69, 9.17) is 0 Å². The molecule has 0 aliphatic carbocycles. The summed E-state index contributed by atoms with van der Waals surface area (Å²) < 4.78 is 10.8. The fourth-order valence-electron chi connectivity index (χ4n) is 3.30. The Bertz CT molecular complexity index is 1040. The summed E-state index contributed by atoms with van der Waals surface area (Å²) in [7, 11) is 2.47. The van der Waals surface area contributed by atoms with E-state index in [9.17, 15) is 24.3 Å². The van der Waals surface area contributed by atoms with Gasteiger partial charge in [0.05, 0.1) is 26.1 Å². The zero-order valence-electron chi connectivity index (χ0n) is 21.4. The number of aryl methyl sites for hydroxylation is 1. The van der Waals surface area contributed by atoms with Gasteiger partial charge in [0.1, 0.15) is 11.9 Å². The average Bonchev–Trinajstić information content (AvgIpc) is 3.24. The van der Waals surface area contributed by atoms with Gasteiger partial charge in [-0.15, -0.1) is 0 Å². The van der Waals surface area contributed by atoms with Crippen molar-refractivity contribution in [1.82, 2.24) is 19.9 Å². The highest BCUT2D eigenvalue weighted by Gasteiger charge is 2.25. The molecular formula is C24H35N5O7. The van der Waals surface area contributed by atoms with Crippen LogP contribution in [0.4, 0.5) is 5.82 Å². The predicted molar refractivity (Wildman–Crippen MR) is 130 cm³/mol. The van der Waals surface area contributed by atoms with Gasteiger partial charge < -0.3 is 29.8 Å². The number of nitrogens with zero attached hydrogens (tertiary/aromatic N) is 3. The van der Waals surface area contributed by atoms with E-state index in [-0.39, 0.29) is 37.0 Å². The first-order chi connectivity index (χ1) is 17.0. The van der Waals surface area contributed by atoms with Gasteiger partial charge >= 0.3 is 11.9 Å². The fourth-order valence-corrected chi connectivity index (χ4v) is 3.30. The largest absolute Gasteiger partial charge is 0.494 e. The van der Waals surface area contributed by atoms with Crippen LogP contribution >= 0.6 is 0 Å². The standard InChI is InChI=1S/C24H35N5O7/c1-24(2,3)23(34)28-17-13-15-20(27-17)25-14-29(21(15)32)12-8-6-7-9-18(30)26-16(22(33)36-5)10-11-19(31)35-4/h13-14,16,32H,6-12H2,1-5H3,(H,26,30)(H,28,34)/t16-/m0/s1. The molecule has 1 atom stereocenters. The zero-order chi connectivity index (χ0) is 26.9. The maximum absolute atomic E-state index is 12.2. The van der Waals surface area contributed by atoms with Crippen LogP contribution in [0.15, 0.2) is 12.4 Å². The maximum atomic E-state index is 12.2. The van der Waals surface area contributed by atoms with Gasteiger partial charge in [0.2, 0.25) is 17.7 Å². The Morgan fingerprint density at radius 1 is 1.08 bits per heavy atom. The first-order valence-electron chi connectivity index (χ1n) is 11.8. The lowest BCUT2D eigenvalue weighted by Gasteiger charge is -2.16. The van der Waals surface area contributed by atoms with Crippen LogP contribution in [0, 0.1) is 5.41 Å². The highest BCUT2D eigenvalue weighted by atomic mass is 16.5. The zero-order valence-corrected chi connectivity index (χ0v) is 21.4.